The Kier molecular flexibility index (Phi) is 5.43. The van der Waals surface area contributed by atoms with Gasteiger partial charge in [-0.15, -0.1) is 0 Å². The van der Waals surface area contributed by atoms with Crippen LogP contribution in [0.2, 0.25) is 5.02 Å². The van der Waals surface area contributed by atoms with E-state index in [9.17, 15) is 8.42 Å². The fourth-order valence-corrected chi connectivity index (χ4v) is 4.03. The van der Waals surface area contributed by atoms with Gasteiger partial charge in [-0.2, -0.15) is 0 Å². The predicted molar refractivity (Wildman–Crippen MR) is 81.1 cm³/mol. The Morgan fingerprint density at radius 1 is 1.20 bits per heavy atom. The van der Waals surface area contributed by atoms with Crippen molar-refractivity contribution in [3.05, 3.63) is 29.3 Å². The number of nitrogens with two attached hydrogens (primary N) is 1. The lowest BCUT2D eigenvalue weighted by Gasteiger charge is -2.27. The van der Waals surface area contributed by atoms with E-state index >= 15 is 0 Å². The second-order valence-corrected chi connectivity index (χ2v) is 7.64. The van der Waals surface area contributed by atoms with Crippen molar-refractivity contribution in [3.63, 3.8) is 0 Å². The van der Waals surface area contributed by atoms with Gasteiger partial charge in [0.05, 0.1) is 4.90 Å². The van der Waals surface area contributed by atoms with Crippen molar-refractivity contribution in [1.82, 2.24) is 4.72 Å². The van der Waals surface area contributed by atoms with E-state index in [2.05, 4.69) is 4.72 Å². The summed E-state index contributed by atoms with van der Waals surface area (Å²) in [5, 5.41) is 0.427. The Morgan fingerprint density at radius 2 is 1.85 bits per heavy atom. The Bertz CT molecular complexity index is 540. The number of hydrogen-bond acceptors (Lipinski definition) is 3. The second-order valence-electron chi connectivity index (χ2n) is 5.43. The zero-order valence-corrected chi connectivity index (χ0v) is 13.0. The van der Waals surface area contributed by atoms with Gasteiger partial charge in [0.25, 0.3) is 0 Å². The number of hydrogen-bond donors (Lipinski definition) is 2. The fourth-order valence-electron chi connectivity index (χ4n) is 2.62. The smallest absolute Gasteiger partial charge is 0.240 e. The van der Waals surface area contributed by atoms with Gasteiger partial charge >= 0.3 is 0 Å². The average Bonchev–Trinajstić information content (AvgIpc) is 2.46. The van der Waals surface area contributed by atoms with E-state index < -0.39 is 10.0 Å². The molecule has 1 aromatic rings. The molecule has 0 atom stereocenters. The number of sulfonamides is 1. The van der Waals surface area contributed by atoms with Crippen molar-refractivity contribution < 1.29 is 8.42 Å². The lowest BCUT2D eigenvalue weighted by molar-refractivity contribution is 0.280. The van der Waals surface area contributed by atoms with Crippen LogP contribution in [0.3, 0.4) is 0 Å². The molecule has 0 aromatic heterocycles. The van der Waals surface area contributed by atoms with Gasteiger partial charge in [0.15, 0.2) is 0 Å². The zero-order valence-electron chi connectivity index (χ0n) is 11.4. The summed E-state index contributed by atoms with van der Waals surface area (Å²) in [4.78, 5) is 0.223. The van der Waals surface area contributed by atoms with Gasteiger partial charge in [-0.3, -0.25) is 0 Å². The van der Waals surface area contributed by atoms with Gasteiger partial charge in [0, 0.05) is 11.6 Å². The number of rotatable bonds is 5. The van der Waals surface area contributed by atoms with Crippen LogP contribution in [0.15, 0.2) is 29.2 Å². The molecule has 0 aliphatic heterocycles. The van der Waals surface area contributed by atoms with Crippen LogP contribution in [0.4, 0.5) is 0 Å². The molecule has 1 fully saturated rings. The van der Waals surface area contributed by atoms with E-state index in [0.29, 0.717) is 23.4 Å². The van der Waals surface area contributed by atoms with Gasteiger partial charge in [-0.05, 0) is 62.3 Å². The summed E-state index contributed by atoms with van der Waals surface area (Å²) < 4.78 is 27.0. The number of benzene rings is 1. The summed E-state index contributed by atoms with van der Waals surface area (Å²) in [6.45, 7) is 1.23. The molecule has 3 N–H and O–H groups in total. The van der Waals surface area contributed by atoms with Crippen molar-refractivity contribution in [1.29, 1.82) is 0 Å². The first-order valence-electron chi connectivity index (χ1n) is 6.96. The van der Waals surface area contributed by atoms with Crippen LogP contribution in [0.25, 0.3) is 0 Å². The van der Waals surface area contributed by atoms with Gasteiger partial charge in [0.2, 0.25) is 10.0 Å². The van der Waals surface area contributed by atoms with E-state index in [1.165, 1.54) is 6.07 Å². The Balaban J connectivity index is 1.90. The molecule has 0 saturated heterocycles. The Labute approximate surface area is 125 Å². The molecule has 4 nitrogen and oxygen atoms in total. The molecule has 1 aliphatic carbocycles. The summed E-state index contributed by atoms with van der Waals surface area (Å²) in [6.07, 6.45) is 4.28. The third-order valence-electron chi connectivity index (χ3n) is 3.97. The highest BCUT2D eigenvalue weighted by Gasteiger charge is 2.22. The van der Waals surface area contributed by atoms with Crippen LogP contribution in [0, 0.1) is 11.8 Å². The van der Waals surface area contributed by atoms with E-state index in [4.69, 9.17) is 17.3 Å². The molecule has 1 aromatic carbocycles. The molecule has 1 saturated carbocycles. The standard InChI is InChI=1S/C14H21ClN2O2S/c15-13-2-1-3-14(8-13)20(18,19)17-10-12-6-4-11(9-16)5-7-12/h1-3,8,11-12,17H,4-7,9-10,16H2. The average molecular weight is 317 g/mol. The van der Waals surface area contributed by atoms with Crippen LogP contribution in [-0.4, -0.2) is 21.5 Å². The minimum absolute atomic E-state index is 0.223. The first-order valence-corrected chi connectivity index (χ1v) is 8.82. The minimum Gasteiger partial charge on any atom is -0.330 e. The van der Waals surface area contributed by atoms with Gasteiger partial charge in [-0.1, -0.05) is 17.7 Å². The van der Waals surface area contributed by atoms with Gasteiger partial charge in [-0.25, -0.2) is 13.1 Å². The molecule has 2 rings (SSSR count). The topological polar surface area (TPSA) is 72.2 Å². The second kappa shape index (κ2) is 6.89. The molecule has 20 heavy (non-hydrogen) atoms. The third kappa shape index (κ3) is 4.19. The molecule has 0 bridgehead atoms. The maximum atomic E-state index is 12.2. The van der Waals surface area contributed by atoms with Gasteiger partial charge in [0.1, 0.15) is 0 Å². The van der Waals surface area contributed by atoms with E-state index in [1.54, 1.807) is 18.2 Å². The number of nitrogens with one attached hydrogen (secondary N) is 1. The monoisotopic (exact) mass is 316 g/mol. The lowest BCUT2D eigenvalue weighted by atomic mass is 9.82. The molecular formula is C14H21ClN2O2S. The van der Waals surface area contributed by atoms with Crippen LogP contribution in [-0.2, 0) is 10.0 Å². The first kappa shape index (κ1) is 15.8. The van der Waals surface area contributed by atoms with Crippen molar-refractivity contribution in [2.75, 3.05) is 13.1 Å². The SMILES string of the molecule is NCC1CCC(CNS(=O)(=O)c2cccc(Cl)c2)CC1. The normalized spacial score (nSPS) is 23.7. The predicted octanol–water partition coefficient (Wildman–Crippen LogP) is 2.38. The van der Waals surface area contributed by atoms with E-state index in [1.807, 2.05) is 0 Å². The lowest BCUT2D eigenvalue weighted by Crippen LogP contribution is -2.32. The highest BCUT2D eigenvalue weighted by atomic mass is 35.5. The summed E-state index contributed by atoms with van der Waals surface area (Å²) in [5.74, 6) is 1.02. The van der Waals surface area contributed by atoms with E-state index in [-0.39, 0.29) is 4.90 Å². The first-order chi connectivity index (χ1) is 9.51. The Hall–Kier alpha value is -0.620. The molecule has 0 amide bonds. The minimum atomic E-state index is -3.46. The fraction of sp³-hybridized carbons (Fsp3) is 0.571. The molecule has 0 spiro atoms. The van der Waals surface area contributed by atoms with Crippen LogP contribution >= 0.6 is 11.6 Å². The van der Waals surface area contributed by atoms with Crippen LogP contribution in [0.1, 0.15) is 25.7 Å². The number of halogens is 1. The Morgan fingerprint density at radius 3 is 2.45 bits per heavy atom. The maximum Gasteiger partial charge on any atom is 0.240 e. The van der Waals surface area contributed by atoms with Crippen molar-refractivity contribution in [3.8, 4) is 0 Å². The molecule has 112 valence electrons. The van der Waals surface area contributed by atoms with Gasteiger partial charge < -0.3 is 5.73 Å². The largest absolute Gasteiger partial charge is 0.330 e. The van der Waals surface area contributed by atoms with Crippen LogP contribution in [0.5, 0.6) is 0 Å². The highest BCUT2D eigenvalue weighted by Crippen LogP contribution is 2.28. The van der Waals surface area contributed by atoms with Crippen molar-refractivity contribution >= 4 is 21.6 Å². The molecular weight excluding hydrogens is 296 g/mol. The van der Waals surface area contributed by atoms with Crippen molar-refractivity contribution in [2.24, 2.45) is 17.6 Å². The van der Waals surface area contributed by atoms with E-state index in [0.717, 1.165) is 32.2 Å². The van der Waals surface area contributed by atoms with Crippen molar-refractivity contribution in [2.45, 2.75) is 30.6 Å². The molecule has 6 heteroatoms. The summed E-state index contributed by atoms with van der Waals surface area (Å²) in [5.41, 5.74) is 5.66. The zero-order chi connectivity index (χ0) is 14.6. The quantitative estimate of drug-likeness (QED) is 0.876. The highest BCUT2D eigenvalue weighted by molar-refractivity contribution is 7.89. The van der Waals surface area contributed by atoms with Crippen LogP contribution < -0.4 is 10.5 Å². The summed E-state index contributed by atoms with van der Waals surface area (Å²) >= 11 is 5.83. The summed E-state index contributed by atoms with van der Waals surface area (Å²) in [6, 6.07) is 6.33. The maximum absolute atomic E-state index is 12.2. The molecule has 1 aliphatic rings. The molecule has 0 heterocycles. The molecule has 0 unspecified atom stereocenters. The molecule has 0 radical (unpaired) electrons. The summed E-state index contributed by atoms with van der Waals surface area (Å²) in [7, 11) is -3.46. The third-order valence-corrected chi connectivity index (χ3v) is 5.62.